The van der Waals surface area contributed by atoms with Crippen LogP contribution < -0.4 is 4.90 Å². The van der Waals surface area contributed by atoms with Crippen molar-refractivity contribution in [3.63, 3.8) is 0 Å². The molecule has 0 saturated carbocycles. The predicted molar refractivity (Wildman–Crippen MR) is 87.4 cm³/mol. The Morgan fingerprint density at radius 2 is 2.17 bits per heavy atom. The van der Waals surface area contributed by atoms with E-state index >= 15 is 0 Å². The first-order valence-electron chi connectivity index (χ1n) is 7.97. The van der Waals surface area contributed by atoms with E-state index < -0.39 is 5.97 Å². The van der Waals surface area contributed by atoms with Gasteiger partial charge in [-0.2, -0.15) is 0 Å². The first-order valence-corrected chi connectivity index (χ1v) is 7.97. The second kappa shape index (κ2) is 6.73. The van der Waals surface area contributed by atoms with Gasteiger partial charge in [0.25, 0.3) is 0 Å². The lowest BCUT2D eigenvalue weighted by Crippen LogP contribution is -2.32. The van der Waals surface area contributed by atoms with Crippen LogP contribution in [0.1, 0.15) is 31.0 Å². The molecule has 0 bridgehead atoms. The standard InChI is InChI=1S/C17H20N4O2/c1-2-10-21(11-15(22)23)17-12-6-5-8-13(12)19-16(20-17)14-7-3-4-9-18-14/h3-4,7,9H,2,5-6,8,10-11H2,1H3,(H,22,23). The van der Waals surface area contributed by atoms with Crippen molar-refractivity contribution in [3.05, 3.63) is 35.7 Å². The number of rotatable bonds is 6. The Bertz CT molecular complexity index is 703. The Balaban J connectivity index is 2.07. The van der Waals surface area contributed by atoms with Crippen molar-refractivity contribution in [1.29, 1.82) is 0 Å². The lowest BCUT2D eigenvalue weighted by molar-refractivity contribution is -0.135. The molecule has 0 fully saturated rings. The summed E-state index contributed by atoms with van der Waals surface area (Å²) < 4.78 is 0. The molecule has 0 spiro atoms. The Hall–Kier alpha value is -2.50. The van der Waals surface area contributed by atoms with Gasteiger partial charge < -0.3 is 10.0 Å². The van der Waals surface area contributed by atoms with Crippen LogP contribution in [0.25, 0.3) is 11.5 Å². The van der Waals surface area contributed by atoms with E-state index in [-0.39, 0.29) is 6.54 Å². The number of hydrogen-bond donors (Lipinski definition) is 1. The summed E-state index contributed by atoms with van der Waals surface area (Å²) in [5.41, 5.74) is 2.84. The maximum atomic E-state index is 11.2. The van der Waals surface area contributed by atoms with Crippen LogP contribution >= 0.6 is 0 Å². The summed E-state index contributed by atoms with van der Waals surface area (Å²) in [6, 6.07) is 5.63. The molecule has 0 amide bonds. The summed E-state index contributed by atoms with van der Waals surface area (Å²) >= 11 is 0. The average Bonchev–Trinajstić information content (AvgIpc) is 3.02. The topological polar surface area (TPSA) is 79.2 Å². The van der Waals surface area contributed by atoms with Crippen molar-refractivity contribution < 1.29 is 9.90 Å². The summed E-state index contributed by atoms with van der Waals surface area (Å²) in [6.45, 7) is 2.66. The zero-order chi connectivity index (χ0) is 16.2. The summed E-state index contributed by atoms with van der Waals surface area (Å²) in [5, 5.41) is 9.21. The molecular weight excluding hydrogens is 292 g/mol. The van der Waals surface area contributed by atoms with E-state index in [9.17, 15) is 9.90 Å². The first kappa shape index (κ1) is 15.4. The van der Waals surface area contributed by atoms with Crippen LogP contribution in [0.2, 0.25) is 0 Å². The number of carboxylic acids is 1. The van der Waals surface area contributed by atoms with Crippen molar-refractivity contribution in [2.45, 2.75) is 32.6 Å². The van der Waals surface area contributed by atoms with E-state index in [1.54, 1.807) is 6.20 Å². The Morgan fingerprint density at radius 3 is 2.87 bits per heavy atom. The van der Waals surface area contributed by atoms with Gasteiger partial charge in [0, 0.05) is 24.0 Å². The zero-order valence-electron chi connectivity index (χ0n) is 13.2. The fourth-order valence-electron chi connectivity index (χ4n) is 2.98. The Kier molecular flexibility index (Phi) is 4.50. The number of hydrogen-bond acceptors (Lipinski definition) is 5. The van der Waals surface area contributed by atoms with Crippen molar-refractivity contribution in [1.82, 2.24) is 15.0 Å². The van der Waals surface area contributed by atoms with Gasteiger partial charge in [-0.05, 0) is 37.8 Å². The van der Waals surface area contributed by atoms with Crippen LogP contribution in [0.15, 0.2) is 24.4 Å². The third kappa shape index (κ3) is 3.31. The number of pyridine rings is 1. The van der Waals surface area contributed by atoms with Gasteiger partial charge in [0.05, 0.1) is 0 Å². The number of fused-ring (bicyclic) bond motifs is 1. The average molecular weight is 312 g/mol. The van der Waals surface area contributed by atoms with E-state index in [1.807, 2.05) is 30.0 Å². The number of aliphatic carboxylic acids is 1. The smallest absolute Gasteiger partial charge is 0.323 e. The van der Waals surface area contributed by atoms with Gasteiger partial charge in [0.1, 0.15) is 18.1 Å². The summed E-state index contributed by atoms with van der Waals surface area (Å²) in [5.74, 6) is 0.494. The molecule has 2 aromatic heterocycles. The number of aryl methyl sites for hydroxylation is 1. The molecule has 0 saturated heterocycles. The highest BCUT2D eigenvalue weighted by Crippen LogP contribution is 2.31. The monoisotopic (exact) mass is 312 g/mol. The molecule has 1 aliphatic rings. The fourth-order valence-corrected chi connectivity index (χ4v) is 2.98. The number of carboxylic acid groups (broad SMARTS) is 1. The zero-order valence-corrected chi connectivity index (χ0v) is 13.2. The predicted octanol–water partition coefficient (Wildman–Crippen LogP) is 2.33. The molecule has 1 N–H and O–H groups in total. The third-order valence-corrected chi connectivity index (χ3v) is 3.92. The maximum Gasteiger partial charge on any atom is 0.323 e. The van der Waals surface area contributed by atoms with E-state index in [0.717, 1.165) is 48.5 Å². The van der Waals surface area contributed by atoms with Gasteiger partial charge >= 0.3 is 5.97 Å². The molecule has 2 heterocycles. The lowest BCUT2D eigenvalue weighted by Gasteiger charge is -2.24. The molecule has 0 atom stereocenters. The van der Waals surface area contributed by atoms with Crippen LogP contribution in [0.4, 0.5) is 5.82 Å². The van der Waals surface area contributed by atoms with Crippen molar-refractivity contribution in [2.75, 3.05) is 18.0 Å². The SMILES string of the molecule is CCCN(CC(=O)O)c1nc(-c2ccccn2)nc2c1CCC2. The molecule has 6 heteroatoms. The highest BCUT2D eigenvalue weighted by molar-refractivity contribution is 5.74. The molecule has 3 rings (SSSR count). The molecular formula is C17H20N4O2. The fraction of sp³-hybridized carbons (Fsp3) is 0.412. The van der Waals surface area contributed by atoms with Crippen LogP contribution in [-0.2, 0) is 17.6 Å². The quantitative estimate of drug-likeness (QED) is 0.882. The van der Waals surface area contributed by atoms with E-state index in [2.05, 4.69) is 15.0 Å². The van der Waals surface area contributed by atoms with Crippen LogP contribution in [-0.4, -0.2) is 39.1 Å². The van der Waals surface area contributed by atoms with Gasteiger partial charge in [0.15, 0.2) is 5.82 Å². The normalized spacial score (nSPS) is 12.9. The van der Waals surface area contributed by atoms with E-state index in [0.29, 0.717) is 12.4 Å². The van der Waals surface area contributed by atoms with Gasteiger partial charge in [-0.25, -0.2) is 9.97 Å². The third-order valence-electron chi connectivity index (χ3n) is 3.92. The molecule has 2 aromatic rings. The first-order chi connectivity index (χ1) is 11.2. The van der Waals surface area contributed by atoms with Crippen LogP contribution in [0.3, 0.4) is 0 Å². The van der Waals surface area contributed by atoms with Crippen molar-refractivity contribution in [3.8, 4) is 11.5 Å². The van der Waals surface area contributed by atoms with Crippen molar-refractivity contribution in [2.24, 2.45) is 0 Å². The highest BCUT2D eigenvalue weighted by atomic mass is 16.4. The van der Waals surface area contributed by atoms with Crippen LogP contribution in [0, 0.1) is 0 Å². The molecule has 0 unspecified atom stereocenters. The Morgan fingerprint density at radius 1 is 1.30 bits per heavy atom. The molecule has 6 nitrogen and oxygen atoms in total. The number of anilines is 1. The largest absolute Gasteiger partial charge is 0.480 e. The minimum atomic E-state index is -0.844. The molecule has 0 radical (unpaired) electrons. The summed E-state index contributed by atoms with van der Waals surface area (Å²) in [7, 11) is 0. The number of nitrogens with zero attached hydrogens (tertiary/aromatic N) is 4. The lowest BCUT2D eigenvalue weighted by atomic mass is 10.2. The van der Waals surface area contributed by atoms with E-state index in [1.165, 1.54) is 0 Å². The summed E-state index contributed by atoms with van der Waals surface area (Å²) in [4.78, 5) is 26.7. The highest BCUT2D eigenvalue weighted by Gasteiger charge is 2.24. The van der Waals surface area contributed by atoms with Gasteiger partial charge in [-0.1, -0.05) is 13.0 Å². The van der Waals surface area contributed by atoms with Crippen molar-refractivity contribution >= 4 is 11.8 Å². The molecule has 120 valence electrons. The maximum absolute atomic E-state index is 11.2. The van der Waals surface area contributed by atoms with Gasteiger partial charge in [-0.15, -0.1) is 0 Å². The molecule has 23 heavy (non-hydrogen) atoms. The minimum Gasteiger partial charge on any atom is -0.480 e. The molecule has 0 aliphatic heterocycles. The minimum absolute atomic E-state index is 0.0427. The number of aromatic nitrogens is 3. The van der Waals surface area contributed by atoms with E-state index in [4.69, 9.17) is 0 Å². The second-order valence-electron chi connectivity index (χ2n) is 5.68. The second-order valence-corrected chi connectivity index (χ2v) is 5.68. The van der Waals surface area contributed by atoms with Crippen LogP contribution in [0.5, 0.6) is 0 Å². The molecule has 1 aliphatic carbocycles. The summed E-state index contributed by atoms with van der Waals surface area (Å²) in [6.07, 6.45) is 5.44. The van der Waals surface area contributed by atoms with Gasteiger partial charge in [-0.3, -0.25) is 9.78 Å². The number of carbonyl (C=O) groups is 1. The van der Waals surface area contributed by atoms with Gasteiger partial charge in [0.2, 0.25) is 0 Å². The Labute approximate surface area is 135 Å². The molecule has 0 aromatic carbocycles.